The molecule has 1 aromatic rings. The number of nitrogens with zero attached hydrogens (tertiary/aromatic N) is 1. The van der Waals surface area contributed by atoms with Crippen molar-refractivity contribution >= 4 is 70.9 Å². The number of likely N-dealkylation sites (tertiary alicyclic amines) is 1. The summed E-state index contributed by atoms with van der Waals surface area (Å²) in [5.41, 5.74) is 12.1. The number of carboxylic acids is 1. The number of rotatable bonds is 39. The molecule has 0 aliphatic carbocycles. The third-order valence-corrected chi connectivity index (χ3v) is 15.1. The Morgan fingerprint density at radius 2 is 0.989 bits per heavy atom. The molecule has 0 spiro atoms. The molecule has 30 nitrogen and oxygen atoms in total. The van der Waals surface area contributed by atoms with Crippen molar-refractivity contribution in [2.75, 3.05) is 26.2 Å². The van der Waals surface area contributed by atoms with Gasteiger partial charge in [-0.25, -0.2) is 4.79 Å². The minimum Gasteiger partial charge on any atom is -0.508 e. The average Bonchev–Trinajstić information content (AvgIpc) is 1.92. The number of aliphatic hydroxyl groups excluding tert-OH is 3. The van der Waals surface area contributed by atoms with Crippen molar-refractivity contribution in [2.45, 2.75) is 220 Å². The second-order valence-electron chi connectivity index (χ2n) is 25.4. The third-order valence-electron chi connectivity index (χ3n) is 15.1. The van der Waals surface area contributed by atoms with Gasteiger partial charge in [-0.1, -0.05) is 81.4 Å². The van der Waals surface area contributed by atoms with Crippen molar-refractivity contribution in [3.05, 3.63) is 29.8 Å². The molecule has 30 heteroatoms. The minimum absolute atomic E-state index is 0.00394. The lowest BCUT2D eigenvalue weighted by Gasteiger charge is -2.30. The standard InChI is InChI=1S/C61H103N13O17/c1-30(2)24-40(55(84)71-48(33(7)8)58(87)73-50(36(12)77)59(88)72-49(34(9)10)61(90)91)65-46(79)28-64-51(80)39(16-13-14-22-62)66-52(81)41(25-31(3)4)67-54(83)43(27-37-18-20-38(78)21-19-37)68-56(85)44(29-75)70-53(82)42(26-32(5)6)69-57(86)45-17-15-23-74(45)60(89)47(63)35(11)76/h18-21,30-36,39-45,47-50,75-78H,13-17,22-29,62-63H2,1-12H3,(H,64,80)(H,65,79)(H,66,81)(H,67,83)(H,68,85)(H,69,86)(H,70,82)(H,71,84)(H,72,88)(H,73,87)(H,90,91)/t35-,36-,39+,40+,41+,42+,43+,44+,45+,47+,48+,49+,50+/m1/s1. The largest absolute Gasteiger partial charge is 0.508 e. The van der Waals surface area contributed by atoms with Gasteiger partial charge < -0.3 is 95.1 Å². The van der Waals surface area contributed by atoms with Gasteiger partial charge >= 0.3 is 5.97 Å². The van der Waals surface area contributed by atoms with Gasteiger partial charge in [-0.05, 0) is 119 Å². The number of hydrogen-bond donors (Lipinski definition) is 17. The molecule has 0 aromatic heterocycles. The van der Waals surface area contributed by atoms with E-state index in [1.54, 1.807) is 69.2 Å². The van der Waals surface area contributed by atoms with Crippen molar-refractivity contribution in [2.24, 2.45) is 41.1 Å². The molecule has 1 aromatic carbocycles. The first-order valence-corrected chi connectivity index (χ1v) is 31.3. The van der Waals surface area contributed by atoms with Crippen molar-refractivity contribution < 1.29 is 83.1 Å². The van der Waals surface area contributed by atoms with Gasteiger partial charge in [0.1, 0.15) is 72.2 Å². The molecule has 1 fully saturated rings. The molecule has 11 amide bonds. The van der Waals surface area contributed by atoms with E-state index in [2.05, 4.69) is 53.2 Å². The van der Waals surface area contributed by atoms with E-state index in [1.165, 1.54) is 43.0 Å². The monoisotopic (exact) mass is 1290 g/mol. The summed E-state index contributed by atoms with van der Waals surface area (Å²) >= 11 is 0. The number of amides is 11. The molecular formula is C61H103N13O17. The zero-order chi connectivity index (χ0) is 69.1. The van der Waals surface area contributed by atoms with Gasteiger partial charge in [0.2, 0.25) is 65.0 Å². The number of carbonyl (C=O) groups is 12. The first-order valence-electron chi connectivity index (χ1n) is 31.3. The third kappa shape index (κ3) is 27.1. The highest BCUT2D eigenvalue weighted by Crippen LogP contribution is 2.21. The molecule has 0 unspecified atom stereocenters. The van der Waals surface area contributed by atoms with Gasteiger partial charge in [0.25, 0.3) is 0 Å². The first-order chi connectivity index (χ1) is 42.5. The molecule has 1 aliphatic rings. The number of aromatic hydroxyl groups is 1. The lowest BCUT2D eigenvalue weighted by Crippen LogP contribution is -2.61. The van der Waals surface area contributed by atoms with E-state index in [0.29, 0.717) is 24.8 Å². The fourth-order valence-electron chi connectivity index (χ4n) is 9.93. The second kappa shape index (κ2) is 39.0. The van der Waals surface area contributed by atoms with Crippen LogP contribution in [0, 0.1) is 29.6 Å². The number of nitrogens with one attached hydrogen (secondary N) is 10. The molecule has 2 rings (SSSR count). The molecule has 514 valence electrons. The maximum atomic E-state index is 14.5. The van der Waals surface area contributed by atoms with E-state index in [1.807, 2.05) is 0 Å². The predicted molar refractivity (Wildman–Crippen MR) is 334 cm³/mol. The van der Waals surface area contributed by atoms with Crippen LogP contribution in [0.15, 0.2) is 24.3 Å². The fraction of sp³-hybridized carbons (Fsp3) is 0.705. The van der Waals surface area contributed by atoms with E-state index in [4.69, 9.17) is 11.5 Å². The first kappa shape index (κ1) is 79.6. The summed E-state index contributed by atoms with van der Waals surface area (Å²) in [6.45, 7) is 18.2. The number of aliphatic carboxylic acids is 1. The van der Waals surface area contributed by atoms with Crippen LogP contribution in [0.3, 0.4) is 0 Å². The van der Waals surface area contributed by atoms with Crippen molar-refractivity contribution in [1.82, 2.24) is 58.1 Å². The van der Waals surface area contributed by atoms with Gasteiger partial charge in [-0.3, -0.25) is 52.7 Å². The summed E-state index contributed by atoms with van der Waals surface area (Å²) in [6.07, 6.45) is -1.38. The fourth-order valence-corrected chi connectivity index (χ4v) is 9.93. The molecule has 91 heavy (non-hydrogen) atoms. The predicted octanol–water partition coefficient (Wildman–Crippen LogP) is -2.85. The zero-order valence-electron chi connectivity index (χ0n) is 54.6. The van der Waals surface area contributed by atoms with Gasteiger partial charge in [0.05, 0.1) is 25.4 Å². The Morgan fingerprint density at radius 1 is 0.538 bits per heavy atom. The molecule has 0 saturated carbocycles. The molecular weight excluding hydrogens is 1190 g/mol. The van der Waals surface area contributed by atoms with Crippen LogP contribution in [0.5, 0.6) is 5.75 Å². The number of phenolic OH excluding ortho intramolecular Hbond substituents is 1. The molecule has 0 bridgehead atoms. The molecule has 13 atom stereocenters. The lowest BCUT2D eigenvalue weighted by atomic mass is 9.99. The van der Waals surface area contributed by atoms with E-state index in [9.17, 15) is 83.1 Å². The summed E-state index contributed by atoms with van der Waals surface area (Å²) in [4.78, 5) is 165. The number of carbonyl (C=O) groups excluding carboxylic acids is 11. The number of nitrogens with two attached hydrogens (primary N) is 2. The summed E-state index contributed by atoms with van der Waals surface area (Å²) in [5, 5.41) is 76.0. The highest BCUT2D eigenvalue weighted by Gasteiger charge is 2.41. The Kier molecular flexibility index (Phi) is 34.1. The van der Waals surface area contributed by atoms with E-state index in [-0.39, 0.29) is 75.1 Å². The van der Waals surface area contributed by atoms with Crippen LogP contribution in [0.2, 0.25) is 0 Å². The Labute approximate surface area is 532 Å². The maximum Gasteiger partial charge on any atom is 0.326 e. The number of phenols is 1. The second-order valence-corrected chi connectivity index (χ2v) is 25.4. The number of aliphatic hydroxyl groups is 3. The summed E-state index contributed by atoms with van der Waals surface area (Å²) in [5.74, 6) is -12.6. The highest BCUT2D eigenvalue weighted by atomic mass is 16.4. The normalized spacial score (nSPS) is 17.2. The van der Waals surface area contributed by atoms with Crippen LogP contribution < -0.4 is 64.6 Å². The zero-order valence-corrected chi connectivity index (χ0v) is 54.6. The van der Waals surface area contributed by atoms with Gasteiger partial charge in [0, 0.05) is 13.0 Å². The summed E-state index contributed by atoms with van der Waals surface area (Å²) in [7, 11) is 0. The van der Waals surface area contributed by atoms with Crippen molar-refractivity contribution in [1.29, 1.82) is 0 Å². The number of unbranched alkanes of at least 4 members (excludes halogenated alkanes) is 1. The Hall–Kier alpha value is -7.54. The van der Waals surface area contributed by atoms with Crippen molar-refractivity contribution in [3.8, 4) is 5.75 Å². The van der Waals surface area contributed by atoms with Crippen LogP contribution in [0.1, 0.15) is 140 Å². The molecule has 1 heterocycles. The van der Waals surface area contributed by atoms with Crippen LogP contribution in [-0.2, 0) is 64.0 Å². The minimum atomic E-state index is -1.70. The summed E-state index contributed by atoms with van der Waals surface area (Å²) in [6, 6.07) is -9.38. The van der Waals surface area contributed by atoms with E-state index in [0.717, 1.165) is 0 Å². The Balaban J connectivity index is 2.36. The number of benzene rings is 1. The molecule has 1 saturated heterocycles. The number of hydrogen-bond acceptors (Lipinski definition) is 18. The summed E-state index contributed by atoms with van der Waals surface area (Å²) < 4.78 is 0. The van der Waals surface area contributed by atoms with Crippen LogP contribution >= 0.6 is 0 Å². The van der Waals surface area contributed by atoms with Crippen LogP contribution in [-0.4, -0.2) is 206 Å². The van der Waals surface area contributed by atoms with Gasteiger partial charge in [0.15, 0.2) is 0 Å². The quantitative estimate of drug-likeness (QED) is 0.0295. The van der Waals surface area contributed by atoms with Gasteiger partial charge in [-0.15, -0.1) is 0 Å². The molecule has 1 aliphatic heterocycles. The smallest absolute Gasteiger partial charge is 0.326 e. The van der Waals surface area contributed by atoms with Crippen LogP contribution in [0.4, 0.5) is 0 Å². The SMILES string of the molecule is CC(C)C[C@H](NC(=O)CNC(=O)[C@H](CCCCN)NC(=O)[C@H](CC(C)C)NC(=O)[C@H](Cc1ccc(O)cc1)NC(=O)[C@H](CO)NC(=O)[C@H](CC(C)C)NC(=O)[C@@H]1CCCN1C(=O)[C@@H](N)[C@@H](C)O)C(=O)N[C@H](C(=O)N[C@H](C(=O)N[C@H](C(=O)O)C(C)C)[C@@H](C)O)C(C)C. The maximum absolute atomic E-state index is 14.5. The number of carboxylic acid groups (broad SMARTS) is 1. The van der Waals surface area contributed by atoms with Gasteiger partial charge in [-0.2, -0.15) is 0 Å². The Morgan fingerprint density at radius 3 is 1.48 bits per heavy atom. The molecule has 19 N–H and O–H groups in total. The van der Waals surface area contributed by atoms with Crippen LogP contribution in [0.25, 0.3) is 0 Å². The van der Waals surface area contributed by atoms with Crippen molar-refractivity contribution in [3.63, 3.8) is 0 Å². The molecule has 0 radical (unpaired) electrons. The topological polar surface area (TPSA) is 482 Å². The Bertz CT molecular complexity index is 2600. The van der Waals surface area contributed by atoms with E-state index < -0.39 is 175 Å². The average molecular weight is 1290 g/mol. The highest BCUT2D eigenvalue weighted by molar-refractivity contribution is 5.99. The van der Waals surface area contributed by atoms with E-state index >= 15 is 0 Å². The lowest BCUT2D eigenvalue weighted by molar-refractivity contribution is -0.144.